The lowest BCUT2D eigenvalue weighted by atomic mass is 9.94. The summed E-state index contributed by atoms with van der Waals surface area (Å²) in [6.45, 7) is 1.48. The van der Waals surface area contributed by atoms with Crippen LogP contribution in [0.3, 0.4) is 0 Å². The molecule has 1 aromatic carbocycles. The molecule has 0 radical (unpaired) electrons. The molecule has 1 amide bonds. The summed E-state index contributed by atoms with van der Waals surface area (Å²) in [5, 5.41) is 2.89. The van der Waals surface area contributed by atoms with Crippen molar-refractivity contribution < 1.29 is 23.0 Å². The maximum atomic E-state index is 12.2. The van der Waals surface area contributed by atoms with Crippen LogP contribution in [0.1, 0.15) is 30.6 Å². The molecule has 0 spiro atoms. The summed E-state index contributed by atoms with van der Waals surface area (Å²) in [5.74, 6) is -0.363. The molecule has 1 aromatic rings. The van der Waals surface area contributed by atoms with E-state index in [0.717, 1.165) is 0 Å². The minimum atomic E-state index is -2.91. The summed E-state index contributed by atoms with van der Waals surface area (Å²) < 4.78 is 34.0. The first-order valence-electron chi connectivity index (χ1n) is 6.40. The molecule has 2 rings (SSSR count). The van der Waals surface area contributed by atoms with Crippen molar-refractivity contribution in [2.24, 2.45) is 0 Å². The van der Waals surface area contributed by atoms with Crippen LogP contribution in [0.5, 0.6) is 5.75 Å². The molecule has 4 nitrogen and oxygen atoms in total. The van der Waals surface area contributed by atoms with Gasteiger partial charge in [0.1, 0.15) is 5.75 Å². The Morgan fingerprint density at radius 2 is 2.30 bits per heavy atom. The quantitative estimate of drug-likeness (QED) is 0.925. The molecular weight excluding hydrogens is 268 g/mol. The zero-order valence-corrected chi connectivity index (χ0v) is 11.4. The van der Waals surface area contributed by atoms with E-state index in [1.54, 1.807) is 6.07 Å². The minimum Gasteiger partial charge on any atom is -0.435 e. The van der Waals surface area contributed by atoms with Gasteiger partial charge in [-0.05, 0) is 38.5 Å². The summed E-state index contributed by atoms with van der Waals surface area (Å²) >= 11 is 0. The number of nitrogens with one attached hydrogen (secondary N) is 1. The minimum absolute atomic E-state index is 0.0338. The van der Waals surface area contributed by atoms with Gasteiger partial charge in [-0.15, -0.1) is 0 Å². The van der Waals surface area contributed by atoms with Gasteiger partial charge in [-0.2, -0.15) is 8.78 Å². The van der Waals surface area contributed by atoms with Crippen LogP contribution in [0, 0.1) is 0 Å². The van der Waals surface area contributed by atoms with Gasteiger partial charge < -0.3 is 14.8 Å². The number of halogens is 2. The Morgan fingerprint density at radius 1 is 1.55 bits per heavy atom. The second-order valence-corrected chi connectivity index (χ2v) is 5.04. The summed E-state index contributed by atoms with van der Waals surface area (Å²) in [7, 11) is 0. The molecule has 0 saturated carbocycles. The Hall–Kier alpha value is -1.69. The van der Waals surface area contributed by atoms with Crippen molar-refractivity contribution in [1.29, 1.82) is 0 Å². The molecule has 1 heterocycles. The molecule has 110 valence electrons. The van der Waals surface area contributed by atoms with Gasteiger partial charge in [-0.3, -0.25) is 4.79 Å². The average Bonchev–Trinajstić information content (AvgIpc) is 2.69. The van der Waals surface area contributed by atoms with Crippen molar-refractivity contribution >= 4 is 5.91 Å². The molecule has 2 atom stereocenters. The lowest BCUT2D eigenvalue weighted by Crippen LogP contribution is -2.50. The van der Waals surface area contributed by atoms with Crippen molar-refractivity contribution in [3.63, 3.8) is 0 Å². The standard InChI is InChI=1S/C14H17F2NO3/c1-9-14(2,6-7-19-9)17-12(18)10-4-3-5-11(8-10)20-13(15)16/h3-5,8-9,13H,6-7H2,1-2H3,(H,17,18)/t9-,14+/m0/s1. The number of amides is 1. The van der Waals surface area contributed by atoms with E-state index >= 15 is 0 Å². The fourth-order valence-corrected chi connectivity index (χ4v) is 2.14. The lowest BCUT2D eigenvalue weighted by Gasteiger charge is -2.28. The van der Waals surface area contributed by atoms with Crippen LogP contribution in [0.4, 0.5) is 8.78 Å². The van der Waals surface area contributed by atoms with Gasteiger partial charge in [0.25, 0.3) is 5.91 Å². The molecule has 1 aliphatic rings. The van der Waals surface area contributed by atoms with Gasteiger partial charge in [0.2, 0.25) is 0 Å². The highest BCUT2D eigenvalue weighted by Gasteiger charge is 2.38. The summed E-state index contributed by atoms with van der Waals surface area (Å²) in [5.41, 5.74) is -0.167. The van der Waals surface area contributed by atoms with Crippen molar-refractivity contribution in [2.45, 2.75) is 38.5 Å². The van der Waals surface area contributed by atoms with E-state index in [4.69, 9.17) is 4.74 Å². The third-order valence-electron chi connectivity index (χ3n) is 3.61. The normalized spacial score (nSPS) is 25.8. The zero-order valence-electron chi connectivity index (χ0n) is 11.4. The molecule has 6 heteroatoms. The Kier molecular flexibility index (Phi) is 4.23. The number of rotatable bonds is 4. The Balaban J connectivity index is 2.09. The van der Waals surface area contributed by atoms with Gasteiger partial charge >= 0.3 is 6.61 Å². The molecule has 1 saturated heterocycles. The second kappa shape index (κ2) is 5.75. The first kappa shape index (κ1) is 14.7. The van der Waals surface area contributed by atoms with Gasteiger partial charge in [-0.1, -0.05) is 6.07 Å². The molecular formula is C14H17F2NO3. The third-order valence-corrected chi connectivity index (χ3v) is 3.61. The van der Waals surface area contributed by atoms with Gasteiger partial charge in [0.05, 0.1) is 11.6 Å². The van der Waals surface area contributed by atoms with E-state index in [-0.39, 0.29) is 23.3 Å². The molecule has 1 N–H and O–H groups in total. The number of benzene rings is 1. The average molecular weight is 285 g/mol. The van der Waals surface area contributed by atoms with Crippen LogP contribution < -0.4 is 10.1 Å². The van der Waals surface area contributed by atoms with Crippen molar-refractivity contribution in [1.82, 2.24) is 5.32 Å². The first-order valence-corrected chi connectivity index (χ1v) is 6.40. The number of hydrogen-bond acceptors (Lipinski definition) is 3. The topological polar surface area (TPSA) is 47.6 Å². The highest BCUT2D eigenvalue weighted by atomic mass is 19.3. The zero-order chi connectivity index (χ0) is 14.8. The highest BCUT2D eigenvalue weighted by Crippen LogP contribution is 2.26. The predicted molar refractivity (Wildman–Crippen MR) is 69.0 cm³/mol. The molecule has 0 bridgehead atoms. The third kappa shape index (κ3) is 3.25. The van der Waals surface area contributed by atoms with E-state index in [9.17, 15) is 13.6 Å². The molecule has 0 unspecified atom stereocenters. The van der Waals surface area contributed by atoms with Crippen LogP contribution in [0.25, 0.3) is 0 Å². The van der Waals surface area contributed by atoms with Gasteiger partial charge in [-0.25, -0.2) is 0 Å². The summed E-state index contributed by atoms with van der Waals surface area (Å²) in [4.78, 5) is 12.2. The van der Waals surface area contributed by atoms with Crippen LogP contribution in [-0.4, -0.2) is 30.8 Å². The van der Waals surface area contributed by atoms with E-state index in [1.807, 2.05) is 13.8 Å². The maximum Gasteiger partial charge on any atom is 0.387 e. The fourth-order valence-electron chi connectivity index (χ4n) is 2.14. The van der Waals surface area contributed by atoms with E-state index in [2.05, 4.69) is 10.1 Å². The van der Waals surface area contributed by atoms with Crippen LogP contribution in [0.2, 0.25) is 0 Å². The predicted octanol–water partition coefficient (Wildman–Crippen LogP) is 2.59. The van der Waals surface area contributed by atoms with Crippen LogP contribution >= 0.6 is 0 Å². The van der Waals surface area contributed by atoms with Crippen LogP contribution in [-0.2, 0) is 4.74 Å². The SMILES string of the molecule is C[C@@H]1OCC[C@@]1(C)NC(=O)c1cccc(OC(F)F)c1. The monoisotopic (exact) mass is 285 g/mol. The van der Waals surface area contributed by atoms with Crippen molar-refractivity contribution in [2.75, 3.05) is 6.61 Å². The Labute approximate surface area is 116 Å². The maximum absolute atomic E-state index is 12.2. The number of hydrogen-bond donors (Lipinski definition) is 1. The Morgan fingerprint density at radius 3 is 2.90 bits per heavy atom. The largest absolute Gasteiger partial charge is 0.435 e. The molecule has 1 aliphatic heterocycles. The second-order valence-electron chi connectivity index (χ2n) is 5.04. The van der Waals surface area contributed by atoms with Crippen molar-refractivity contribution in [3.05, 3.63) is 29.8 Å². The van der Waals surface area contributed by atoms with Crippen molar-refractivity contribution in [3.8, 4) is 5.75 Å². The van der Waals surface area contributed by atoms with Gasteiger partial charge in [0, 0.05) is 12.2 Å². The van der Waals surface area contributed by atoms with Gasteiger partial charge in [0.15, 0.2) is 0 Å². The summed E-state index contributed by atoms with van der Waals surface area (Å²) in [6, 6.07) is 5.73. The molecule has 20 heavy (non-hydrogen) atoms. The molecule has 0 aromatic heterocycles. The smallest absolute Gasteiger partial charge is 0.387 e. The highest BCUT2D eigenvalue weighted by molar-refractivity contribution is 5.95. The number of alkyl halides is 2. The molecule has 0 aliphatic carbocycles. The Bertz CT molecular complexity index is 495. The number of ether oxygens (including phenoxy) is 2. The number of carbonyl (C=O) groups excluding carboxylic acids is 1. The molecule has 1 fully saturated rings. The summed E-state index contributed by atoms with van der Waals surface area (Å²) in [6.07, 6.45) is 0.625. The van der Waals surface area contributed by atoms with E-state index in [1.165, 1.54) is 18.2 Å². The van der Waals surface area contributed by atoms with E-state index < -0.39 is 12.2 Å². The first-order chi connectivity index (χ1) is 9.40. The van der Waals surface area contributed by atoms with E-state index in [0.29, 0.717) is 13.0 Å². The fraction of sp³-hybridized carbons (Fsp3) is 0.500. The van der Waals surface area contributed by atoms with Crippen LogP contribution in [0.15, 0.2) is 24.3 Å². The lowest BCUT2D eigenvalue weighted by molar-refractivity contribution is -0.0498. The number of carbonyl (C=O) groups is 1.